The molecule has 5 rings (SSSR count). The molecule has 35 heavy (non-hydrogen) atoms. The Labute approximate surface area is 204 Å². The normalized spacial score (nSPS) is 11.2. The van der Waals surface area contributed by atoms with Crippen LogP contribution in [0.2, 0.25) is 5.02 Å². The van der Waals surface area contributed by atoms with Crippen LogP contribution in [0, 0.1) is 0 Å². The summed E-state index contributed by atoms with van der Waals surface area (Å²) in [5.41, 5.74) is 6.03. The van der Waals surface area contributed by atoms with Crippen LogP contribution in [0.25, 0.3) is 27.7 Å². The average Bonchev–Trinajstić information content (AvgIpc) is 3.25. The number of benzene rings is 2. The summed E-state index contributed by atoms with van der Waals surface area (Å²) >= 11 is 6.06. The minimum Gasteiger partial charge on any atom is -0.497 e. The van der Waals surface area contributed by atoms with Crippen molar-refractivity contribution in [1.82, 2.24) is 19.3 Å². The van der Waals surface area contributed by atoms with Gasteiger partial charge in [0.2, 0.25) is 0 Å². The van der Waals surface area contributed by atoms with Gasteiger partial charge in [0.1, 0.15) is 5.75 Å². The van der Waals surface area contributed by atoms with Gasteiger partial charge in [0, 0.05) is 30.1 Å². The Bertz CT molecular complexity index is 1610. The zero-order valence-electron chi connectivity index (χ0n) is 18.9. The Kier molecular flexibility index (Phi) is 5.94. The van der Waals surface area contributed by atoms with Gasteiger partial charge in [-0.1, -0.05) is 23.7 Å². The molecule has 176 valence electrons. The molecule has 1 amide bonds. The van der Waals surface area contributed by atoms with E-state index in [1.807, 2.05) is 12.1 Å². The van der Waals surface area contributed by atoms with E-state index in [0.717, 1.165) is 15.8 Å². The molecule has 10 heteroatoms. The number of rotatable bonds is 6. The number of carbonyl (C=O) groups excluding carboxylic acids is 1. The van der Waals surface area contributed by atoms with Crippen molar-refractivity contribution < 1.29 is 14.3 Å². The Morgan fingerprint density at radius 2 is 1.80 bits per heavy atom. The van der Waals surface area contributed by atoms with Crippen LogP contribution >= 0.6 is 11.6 Å². The summed E-state index contributed by atoms with van der Waals surface area (Å²) in [4.78, 5) is 30.4. The Morgan fingerprint density at radius 1 is 1.06 bits per heavy atom. The van der Waals surface area contributed by atoms with Gasteiger partial charge >= 0.3 is 0 Å². The minimum atomic E-state index is -0.436. The van der Waals surface area contributed by atoms with Crippen LogP contribution in [-0.4, -0.2) is 39.4 Å². The van der Waals surface area contributed by atoms with Crippen molar-refractivity contribution in [3.63, 3.8) is 0 Å². The summed E-state index contributed by atoms with van der Waals surface area (Å²) in [6, 6.07) is 15.6. The number of methoxy groups -OCH3 is 2. The van der Waals surface area contributed by atoms with E-state index in [9.17, 15) is 9.59 Å². The predicted molar refractivity (Wildman–Crippen MR) is 133 cm³/mol. The van der Waals surface area contributed by atoms with Crippen molar-refractivity contribution in [2.24, 2.45) is 0 Å². The first kappa shape index (κ1) is 22.6. The fourth-order valence-corrected chi connectivity index (χ4v) is 3.99. The van der Waals surface area contributed by atoms with E-state index in [1.165, 1.54) is 12.4 Å². The molecule has 0 saturated heterocycles. The number of hydrogen-bond acceptors (Lipinski definition) is 6. The van der Waals surface area contributed by atoms with E-state index < -0.39 is 11.5 Å². The van der Waals surface area contributed by atoms with Crippen molar-refractivity contribution in [2.75, 3.05) is 19.6 Å². The topological polar surface area (TPSA) is 99.8 Å². The molecule has 0 radical (unpaired) electrons. The summed E-state index contributed by atoms with van der Waals surface area (Å²) in [6.45, 7) is 0.262. The quantitative estimate of drug-likeness (QED) is 0.388. The monoisotopic (exact) mass is 489 g/mol. The lowest BCUT2D eigenvalue weighted by molar-refractivity contribution is 0.101. The molecular formula is C25H20ClN5O4. The lowest BCUT2D eigenvalue weighted by Gasteiger charge is -2.10. The maximum absolute atomic E-state index is 13.2. The molecule has 0 aliphatic heterocycles. The van der Waals surface area contributed by atoms with Crippen molar-refractivity contribution in [3.05, 3.63) is 93.6 Å². The molecule has 1 N–H and O–H groups in total. The predicted octanol–water partition coefficient (Wildman–Crippen LogP) is 3.90. The van der Waals surface area contributed by atoms with Crippen LogP contribution in [0.1, 0.15) is 16.1 Å². The van der Waals surface area contributed by atoms with Crippen LogP contribution in [0.15, 0.2) is 71.8 Å². The highest BCUT2D eigenvalue weighted by Crippen LogP contribution is 2.30. The minimum absolute atomic E-state index is 0.262. The zero-order valence-corrected chi connectivity index (χ0v) is 19.6. The lowest BCUT2D eigenvalue weighted by atomic mass is 10.1. The highest BCUT2D eigenvalue weighted by molar-refractivity contribution is 6.30. The molecule has 0 unspecified atom stereocenters. The van der Waals surface area contributed by atoms with Crippen molar-refractivity contribution in [3.8, 4) is 16.9 Å². The molecule has 0 fully saturated rings. The second-order valence-corrected chi connectivity index (χ2v) is 8.15. The third-order valence-electron chi connectivity index (χ3n) is 5.57. The molecule has 9 nitrogen and oxygen atoms in total. The Morgan fingerprint density at radius 3 is 2.49 bits per heavy atom. The van der Waals surface area contributed by atoms with Gasteiger partial charge in [0.05, 0.1) is 35.9 Å². The summed E-state index contributed by atoms with van der Waals surface area (Å²) in [5, 5.41) is 5.59. The first-order chi connectivity index (χ1) is 17.0. The standard InChI is InChI=1S/C25H20ClN5O4/c1-34-14-20-22(15-3-7-17(26)8-4-15)23-27-13-19-21(31(23)28-20)11-12-30(25(19)33)29-24(32)16-5-9-18(35-2)10-6-16/h3-13H,14H2,1-2H3,(H,29,32). The Balaban J connectivity index is 1.58. The lowest BCUT2D eigenvalue weighted by Crippen LogP contribution is -2.32. The van der Waals surface area contributed by atoms with E-state index >= 15 is 0 Å². The number of nitrogens with zero attached hydrogens (tertiary/aromatic N) is 4. The van der Waals surface area contributed by atoms with Crippen LogP contribution in [0.5, 0.6) is 5.75 Å². The van der Waals surface area contributed by atoms with Gasteiger partial charge in [-0.05, 0) is 48.0 Å². The van der Waals surface area contributed by atoms with Crippen molar-refractivity contribution >= 4 is 34.1 Å². The fourth-order valence-electron chi connectivity index (χ4n) is 3.87. The molecule has 5 aromatic rings. The van der Waals surface area contributed by atoms with E-state index in [4.69, 9.17) is 21.1 Å². The SMILES string of the molecule is COCc1nn2c(ncc3c(=O)n(NC(=O)c4ccc(OC)cc4)ccc32)c1-c1ccc(Cl)cc1. The van der Waals surface area contributed by atoms with Gasteiger partial charge in [-0.3, -0.25) is 15.0 Å². The number of hydrogen-bond donors (Lipinski definition) is 1. The number of amides is 1. The maximum Gasteiger partial charge on any atom is 0.280 e. The molecular weight excluding hydrogens is 470 g/mol. The number of ether oxygens (including phenoxy) is 2. The van der Waals surface area contributed by atoms with Gasteiger partial charge in [-0.25, -0.2) is 14.2 Å². The van der Waals surface area contributed by atoms with E-state index in [1.54, 1.807) is 61.2 Å². The van der Waals surface area contributed by atoms with Crippen LogP contribution in [-0.2, 0) is 11.3 Å². The van der Waals surface area contributed by atoms with Gasteiger partial charge in [-0.15, -0.1) is 0 Å². The third-order valence-corrected chi connectivity index (χ3v) is 5.82. The summed E-state index contributed by atoms with van der Waals surface area (Å²) in [5.74, 6) is 0.194. The summed E-state index contributed by atoms with van der Waals surface area (Å²) in [6.07, 6.45) is 2.98. The number of halogens is 1. The fraction of sp³-hybridized carbons (Fsp3) is 0.120. The molecule has 0 spiro atoms. The average molecular weight is 490 g/mol. The maximum atomic E-state index is 13.2. The van der Waals surface area contributed by atoms with Gasteiger partial charge in [0.25, 0.3) is 11.5 Å². The van der Waals surface area contributed by atoms with E-state index in [0.29, 0.717) is 38.6 Å². The summed E-state index contributed by atoms with van der Waals surface area (Å²) < 4.78 is 13.2. The van der Waals surface area contributed by atoms with Gasteiger partial charge in [0.15, 0.2) is 5.65 Å². The first-order valence-corrected chi connectivity index (χ1v) is 11.0. The van der Waals surface area contributed by atoms with Crippen LogP contribution in [0.4, 0.5) is 0 Å². The smallest absolute Gasteiger partial charge is 0.280 e. The van der Waals surface area contributed by atoms with E-state index in [2.05, 4.69) is 15.5 Å². The third kappa shape index (κ3) is 4.11. The number of fused-ring (bicyclic) bond motifs is 3. The van der Waals surface area contributed by atoms with Gasteiger partial charge in [-0.2, -0.15) is 5.10 Å². The molecule has 0 aliphatic carbocycles. The first-order valence-electron chi connectivity index (χ1n) is 10.6. The molecule has 3 aromatic heterocycles. The van der Waals surface area contributed by atoms with Crippen molar-refractivity contribution in [1.29, 1.82) is 0 Å². The van der Waals surface area contributed by atoms with Crippen LogP contribution in [0.3, 0.4) is 0 Å². The number of carbonyl (C=O) groups is 1. The Hall–Kier alpha value is -4.21. The second kappa shape index (κ2) is 9.21. The molecule has 0 atom stereocenters. The molecule has 2 aromatic carbocycles. The number of aromatic nitrogens is 4. The molecule has 0 bridgehead atoms. The number of nitrogens with one attached hydrogen (secondary N) is 1. The molecule has 0 saturated carbocycles. The zero-order chi connectivity index (χ0) is 24.5. The van der Waals surface area contributed by atoms with E-state index in [-0.39, 0.29) is 6.61 Å². The second-order valence-electron chi connectivity index (χ2n) is 7.71. The summed E-state index contributed by atoms with van der Waals surface area (Å²) in [7, 11) is 3.14. The van der Waals surface area contributed by atoms with Crippen LogP contribution < -0.4 is 15.7 Å². The molecule has 3 heterocycles. The largest absolute Gasteiger partial charge is 0.497 e. The molecule has 0 aliphatic rings. The van der Waals surface area contributed by atoms with Gasteiger partial charge < -0.3 is 9.47 Å². The highest BCUT2D eigenvalue weighted by atomic mass is 35.5. The number of pyridine rings is 1. The van der Waals surface area contributed by atoms with Crippen molar-refractivity contribution in [2.45, 2.75) is 6.61 Å². The highest BCUT2D eigenvalue weighted by Gasteiger charge is 2.19.